The molecule has 0 aliphatic heterocycles. The van der Waals surface area contributed by atoms with Crippen LogP contribution in [0.3, 0.4) is 0 Å². The van der Waals surface area contributed by atoms with Gasteiger partial charge in [-0.15, -0.1) is 0 Å². The van der Waals surface area contributed by atoms with Crippen LogP contribution in [0.25, 0.3) is 0 Å². The topological polar surface area (TPSA) is 21.3 Å². The number of nitrogens with one attached hydrogen (secondary N) is 1. The van der Waals surface area contributed by atoms with Gasteiger partial charge in [-0.1, -0.05) is 32.9 Å². The molecule has 0 amide bonds. The van der Waals surface area contributed by atoms with Crippen LogP contribution in [0.5, 0.6) is 5.75 Å². The minimum absolute atomic E-state index is 0.309. The molecule has 19 heavy (non-hydrogen) atoms. The van der Waals surface area contributed by atoms with Crippen LogP contribution in [0.1, 0.15) is 39.2 Å². The first-order valence-corrected chi connectivity index (χ1v) is 7.44. The maximum Gasteiger partial charge on any atom is 0.119 e. The summed E-state index contributed by atoms with van der Waals surface area (Å²) in [5.74, 6) is 2.43. The molecule has 2 heteroatoms. The molecule has 1 aromatic carbocycles. The summed E-state index contributed by atoms with van der Waals surface area (Å²) in [6.07, 6.45) is 2.62. The Bertz CT molecular complexity index is 415. The molecule has 1 aliphatic rings. The van der Waals surface area contributed by atoms with E-state index in [1.165, 1.54) is 18.4 Å². The van der Waals surface area contributed by atoms with Crippen molar-refractivity contribution < 1.29 is 4.74 Å². The van der Waals surface area contributed by atoms with Gasteiger partial charge in [0.1, 0.15) is 5.75 Å². The minimum Gasteiger partial charge on any atom is -0.497 e. The van der Waals surface area contributed by atoms with Gasteiger partial charge >= 0.3 is 0 Å². The SMILES string of the molecule is COc1cccc(C2(CNCC(C)C)CCC2C)c1. The number of methoxy groups -OCH3 is 1. The highest BCUT2D eigenvalue weighted by atomic mass is 16.5. The zero-order chi connectivity index (χ0) is 13.9. The molecule has 2 nitrogen and oxygen atoms in total. The van der Waals surface area contributed by atoms with Crippen LogP contribution in [0.4, 0.5) is 0 Å². The van der Waals surface area contributed by atoms with Crippen molar-refractivity contribution in [3.05, 3.63) is 29.8 Å². The predicted octanol–water partition coefficient (Wildman–Crippen LogP) is 3.61. The lowest BCUT2D eigenvalue weighted by Crippen LogP contribution is -2.50. The number of hydrogen-bond acceptors (Lipinski definition) is 2. The van der Waals surface area contributed by atoms with E-state index in [1.54, 1.807) is 7.11 Å². The minimum atomic E-state index is 0.309. The summed E-state index contributed by atoms with van der Waals surface area (Å²) in [6, 6.07) is 8.62. The monoisotopic (exact) mass is 261 g/mol. The Labute approximate surface area is 117 Å². The van der Waals surface area contributed by atoms with Crippen molar-refractivity contribution in [1.82, 2.24) is 5.32 Å². The molecule has 1 fully saturated rings. The summed E-state index contributed by atoms with van der Waals surface area (Å²) in [5, 5.41) is 3.65. The molecule has 0 spiro atoms. The van der Waals surface area contributed by atoms with E-state index in [2.05, 4.69) is 44.3 Å². The molecule has 2 unspecified atom stereocenters. The van der Waals surface area contributed by atoms with E-state index < -0.39 is 0 Å². The van der Waals surface area contributed by atoms with Crippen molar-refractivity contribution in [2.45, 2.75) is 39.0 Å². The number of rotatable bonds is 6. The third kappa shape index (κ3) is 2.94. The number of hydrogen-bond donors (Lipinski definition) is 1. The van der Waals surface area contributed by atoms with E-state index >= 15 is 0 Å². The van der Waals surface area contributed by atoms with E-state index in [0.29, 0.717) is 11.3 Å². The predicted molar refractivity (Wildman–Crippen MR) is 80.8 cm³/mol. The van der Waals surface area contributed by atoms with Crippen LogP contribution in [0.2, 0.25) is 0 Å². The molecular weight excluding hydrogens is 234 g/mol. The van der Waals surface area contributed by atoms with Crippen molar-refractivity contribution in [1.29, 1.82) is 0 Å². The Kier molecular flexibility index (Phi) is 4.51. The molecule has 0 bridgehead atoms. The average molecular weight is 261 g/mol. The van der Waals surface area contributed by atoms with E-state index in [1.807, 2.05) is 6.07 Å². The summed E-state index contributed by atoms with van der Waals surface area (Å²) in [6.45, 7) is 9.07. The fourth-order valence-corrected chi connectivity index (χ4v) is 3.09. The van der Waals surface area contributed by atoms with Gasteiger partial charge < -0.3 is 10.1 Å². The molecule has 0 saturated heterocycles. The van der Waals surface area contributed by atoms with Crippen LogP contribution in [-0.4, -0.2) is 20.2 Å². The van der Waals surface area contributed by atoms with Crippen molar-refractivity contribution in [2.75, 3.05) is 20.2 Å². The van der Waals surface area contributed by atoms with Crippen LogP contribution < -0.4 is 10.1 Å². The molecule has 2 rings (SSSR count). The molecule has 1 aromatic rings. The summed E-state index contributed by atoms with van der Waals surface area (Å²) < 4.78 is 5.38. The van der Waals surface area contributed by atoms with Crippen molar-refractivity contribution in [3.8, 4) is 5.75 Å². The van der Waals surface area contributed by atoms with Crippen molar-refractivity contribution in [3.63, 3.8) is 0 Å². The number of ether oxygens (including phenoxy) is 1. The fraction of sp³-hybridized carbons (Fsp3) is 0.647. The van der Waals surface area contributed by atoms with Crippen LogP contribution in [0, 0.1) is 11.8 Å². The van der Waals surface area contributed by atoms with Crippen molar-refractivity contribution in [2.24, 2.45) is 11.8 Å². The van der Waals surface area contributed by atoms with Crippen molar-refractivity contribution >= 4 is 0 Å². The summed E-state index contributed by atoms with van der Waals surface area (Å²) in [7, 11) is 1.74. The van der Waals surface area contributed by atoms with Gasteiger partial charge in [0.25, 0.3) is 0 Å². The molecule has 1 N–H and O–H groups in total. The van der Waals surface area contributed by atoms with Gasteiger partial charge in [-0.05, 0) is 48.9 Å². The number of benzene rings is 1. The fourth-order valence-electron chi connectivity index (χ4n) is 3.09. The summed E-state index contributed by atoms with van der Waals surface area (Å²) in [5.41, 5.74) is 1.74. The van der Waals surface area contributed by atoms with Gasteiger partial charge in [-0.2, -0.15) is 0 Å². The van der Waals surface area contributed by atoms with E-state index in [0.717, 1.165) is 24.8 Å². The normalized spacial score (nSPS) is 26.3. The average Bonchev–Trinajstić information content (AvgIpc) is 2.41. The van der Waals surface area contributed by atoms with Crippen LogP contribution in [-0.2, 0) is 5.41 Å². The van der Waals surface area contributed by atoms with E-state index in [9.17, 15) is 0 Å². The van der Waals surface area contributed by atoms with Gasteiger partial charge in [-0.3, -0.25) is 0 Å². The standard InChI is InChI=1S/C17H27NO/c1-13(2)11-18-12-17(9-8-14(17)3)15-6-5-7-16(10-15)19-4/h5-7,10,13-14,18H,8-9,11-12H2,1-4H3. The molecule has 1 saturated carbocycles. The highest BCUT2D eigenvalue weighted by Crippen LogP contribution is 2.48. The van der Waals surface area contributed by atoms with Gasteiger partial charge in [-0.25, -0.2) is 0 Å². The molecule has 0 heterocycles. The zero-order valence-electron chi connectivity index (χ0n) is 12.7. The van der Waals surface area contributed by atoms with Gasteiger partial charge in [0.15, 0.2) is 0 Å². The summed E-state index contributed by atoms with van der Waals surface area (Å²) >= 11 is 0. The van der Waals surface area contributed by atoms with Gasteiger partial charge in [0.2, 0.25) is 0 Å². The first-order valence-electron chi connectivity index (χ1n) is 7.44. The van der Waals surface area contributed by atoms with Gasteiger partial charge in [0.05, 0.1) is 7.11 Å². The second-order valence-corrected chi connectivity index (χ2v) is 6.35. The first kappa shape index (κ1) is 14.4. The lowest BCUT2D eigenvalue weighted by molar-refractivity contribution is 0.132. The van der Waals surface area contributed by atoms with Gasteiger partial charge in [0, 0.05) is 12.0 Å². The van der Waals surface area contributed by atoms with Crippen LogP contribution >= 0.6 is 0 Å². The Morgan fingerprint density at radius 3 is 2.74 bits per heavy atom. The lowest BCUT2D eigenvalue weighted by atomic mass is 9.57. The quantitative estimate of drug-likeness (QED) is 0.844. The molecule has 0 aromatic heterocycles. The zero-order valence-corrected chi connectivity index (χ0v) is 12.7. The Hall–Kier alpha value is -1.02. The van der Waals surface area contributed by atoms with E-state index in [4.69, 9.17) is 4.74 Å². The Morgan fingerprint density at radius 1 is 1.42 bits per heavy atom. The Balaban J connectivity index is 2.14. The highest BCUT2D eigenvalue weighted by Gasteiger charge is 2.44. The third-order valence-corrected chi connectivity index (χ3v) is 4.60. The molecular formula is C17H27NO. The largest absolute Gasteiger partial charge is 0.497 e. The highest BCUT2D eigenvalue weighted by molar-refractivity contribution is 5.36. The Morgan fingerprint density at radius 2 is 2.21 bits per heavy atom. The third-order valence-electron chi connectivity index (χ3n) is 4.60. The molecule has 106 valence electrons. The second kappa shape index (κ2) is 5.96. The smallest absolute Gasteiger partial charge is 0.119 e. The maximum absolute atomic E-state index is 5.38. The van der Waals surface area contributed by atoms with E-state index in [-0.39, 0.29) is 0 Å². The second-order valence-electron chi connectivity index (χ2n) is 6.35. The van der Waals surface area contributed by atoms with Crippen LogP contribution in [0.15, 0.2) is 24.3 Å². The summed E-state index contributed by atoms with van der Waals surface area (Å²) in [4.78, 5) is 0. The molecule has 1 aliphatic carbocycles. The lowest BCUT2D eigenvalue weighted by Gasteiger charge is -2.49. The maximum atomic E-state index is 5.38. The molecule has 2 atom stereocenters. The molecule has 0 radical (unpaired) electrons. The first-order chi connectivity index (χ1) is 9.08.